The molecule has 0 saturated heterocycles. The number of hydrogen-bond donors (Lipinski definition) is 0. The van der Waals surface area contributed by atoms with Crippen molar-refractivity contribution in [2.45, 2.75) is 20.1 Å². The van der Waals surface area contributed by atoms with Gasteiger partial charge in [0.1, 0.15) is 5.75 Å². The summed E-state index contributed by atoms with van der Waals surface area (Å²) in [5.41, 5.74) is 0.566. The predicted octanol–water partition coefficient (Wildman–Crippen LogP) is 1.82. The summed E-state index contributed by atoms with van der Waals surface area (Å²) in [6, 6.07) is 6.70. The molecule has 1 aromatic rings. The van der Waals surface area contributed by atoms with Gasteiger partial charge in [0.25, 0.3) is 6.29 Å². The van der Waals surface area contributed by atoms with E-state index in [1.807, 2.05) is 0 Å². The van der Waals surface area contributed by atoms with Crippen LogP contribution in [0.3, 0.4) is 0 Å². The van der Waals surface area contributed by atoms with Crippen molar-refractivity contribution in [2.75, 3.05) is 7.11 Å². The molecule has 0 spiro atoms. The Bertz CT molecular complexity index is 380. The number of carbonyl (C=O) groups is 2. The maximum Gasteiger partial charge on any atom is 0.305 e. The number of methoxy groups -OCH3 is 1. The molecule has 0 saturated carbocycles. The smallest absolute Gasteiger partial charge is 0.305 e. The van der Waals surface area contributed by atoms with Crippen LogP contribution in [-0.4, -0.2) is 19.0 Å². The second kappa shape index (κ2) is 5.89. The molecule has 0 aliphatic rings. The van der Waals surface area contributed by atoms with Crippen LogP contribution < -0.4 is 4.74 Å². The summed E-state index contributed by atoms with van der Waals surface area (Å²) >= 11 is 0. The second-order valence-corrected chi connectivity index (χ2v) is 3.32. The molecule has 1 rings (SSSR count). The van der Waals surface area contributed by atoms with Crippen LogP contribution in [0.2, 0.25) is 0 Å². The average Bonchev–Trinajstić information content (AvgIpc) is 2.27. The van der Waals surface area contributed by atoms with Gasteiger partial charge in [-0.1, -0.05) is 0 Å². The van der Waals surface area contributed by atoms with Crippen LogP contribution in [0.5, 0.6) is 5.75 Å². The van der Waals surface area contributed by atoms with Crippen LogP contribution in [0.15, 0.2) is 24.3 Å². The Morgan fingerprint density at radius 2 is 1.47 bits per heavy atom. The molecular formula is C12H14O5. The minimum atomic E-state index is -1.02. The van der Waals surface area contributed by atoms with Gasteiger partial charge in [-0.25, -0.2) is 0 Å². The molecule has 1 aromatic carbocycles. The summed E-state index contributed by atoms with van der Waals surface area (Å²) in [6.07, 6.45) is -1.02. The van der Waals surface area contributed by atoms with E-state index in [4.69, 9.17) is 14.2 Å². The lowest BCUT2D eigenvalue weighted by Gasteiger charge is -2.16. The van der Waals surface area contributed by atoms with Gasteiger partial charge in [0.15, 0.2) is 0 Å². The van der Waals surface area contributed by atoms with Gasteiger partial charge in [-0.05, 0) is 24.3 Å². The van der Waals surface area contributed by atoms with Crippen molar-refractivity contribution < 1.29 is 23.8 Å². The largest absolute Gasteiger partial charge is 0.497 e. The molecule has 0 unspecified atom stereocenters. The maximum atomic E-state index is 10.9. The van der Waals surface area contributed by atoms with Crippen LogP contribution in [0.25, 0.3) is 0 Å². The molecule has 0 N–H and O–H groups in total. The number of ether oxygens (including phenoxy) is 3. The summed E-state index contributed by atoms with van der Waals surface area (Å²) in [5, 5.41) is 0. The van der Waals surface area contributed by atoms with Crippen molar-refractivity contribution >= 4 is 11.9 Å². The van der Waals surface area contributed by atoms with Crippen molar-refractivity contribution in [3.8, 4) is 5.75 Å². The molecule has 0 aliphatic carbocycles. The normalized spacial score (nSPS) is 9.88. The molecule has 0 aliphatic heterocycles. The first-order chi connectivity index (χ1) is 8.02. The van der Waals surface area contributed by atoms with Gasteiger partial charge >= 0.3 is 11.9 Å². The van der Waals surface area contributed by atoms with Gasteiger partial charge in [0, 0.05) is 19.4 Å². The third kappa shape index (κ3) is 4.14. The first-order valence-electron chi connectivity index (χ1n) is 5.01. The lowest BCUT2D eigenvalue weighted by molar-refractivity contribution is -0.186. The van der Waals surface area contributed by atoms with E-state index in [9.17, 15) is 9.59 Å². The summed E-state index contributed by atoms with van der Waals surface area (Å²) in [4.78, 5) is 21.8. The standard InChI is InChI=1S/C12H14O5/c1-8(13)16-12(17-9(2)14)10-4-6-11(15-3)7-5-10/h4-7,12H,1-3H3. The fraction of sp³-hybridized carbons (Fsp3) is 0.333. The van der Waals surface area contributed by atoms with E-state index < -0.39 is 18.2 Å². The van der Waals surface area contributed by atoms with Crippen LogP contribution in [0.1, 0.15) is 25.7 Å². The van der Waals surface area contributed by atoms with Gasteiger partial charge < -0.3 is 14.2 Å². The third-order valence-corrected chi connectivity index (χ3v) is 1.93. The van der Waals surface area contributed by atoms with E-state index in [1.165, 1.54) is 13.8 Å². The Hall–Kier alpha value is -2.04. The molecule has 0 amide bonds. The molecule has 5 heteroatoms. The van der Waals surface area contributed by atoms with Gasteiger partial charge in [-0.15, -0.1) is 0 Å². The van der Waals surface area contributed by atoms with Crippen molar-refractivity contribution in [1.29, 1.82) is 0 Å². The first-order valence-corrected chi connectivity index (χ1v) is 5.01. The minimum absolute atomic E-state index is 0.521. The van der Waals surface area contributed by atoms with Crippen LogP contribution >= 0.6 is 0 Å². The van der Waals surface area contributed by atoms with Crippen LogP contribution in [0.4, 0.5) is 0 Å². The maximum absolute atomic E-state index is 10.9. The quantitative estimate of drug-likeness (QED) is 0.591. The van der Waals surface area contributed by atoms with E-state index in [1.54, 1.807) is 31.4 Å². The van der Waals surface area contributed by atoms with Crippen LogP contribution in [-0.2, 0) is 19.1 Å². The molecule has 92 valence electrons. The number of esters is 2. The highest BCUT2D eigenvalue weighted by Crippen LogP contribution is 2.22. The molecule has 5 nitrogen and oxygen atoms in total. The molecule has 0 bridgehead atoms. The predicted molar refractivity (Wildman–Crippen MR) is 59.3 cm³/mol. The average molecular weight is 238 g/mol. The van der Waals surface area contributed by atoms with Crippen molar-refractivity contribution in [2.24, 2.45) is 0 Å². The molecule has 0 aromatic heterocycles. The zero-order chi connectivity index (χ0) is 12.8. The third-order valence-electron chi connectivity index (χ3n) is 1.93. The molecule has 0 heterocycles. The van der Waals surface area contributed by atoms with Crippen molar-refractivity contribution in [1.82, 2.24) is 0 Å². The molecular weight excluding hydrogens is 224 g/mol. The fourth-order valence-corrected chi connectivity index (χ4v) is 1.22. The highest BCUT2D eigenvalue weighted by atomic mass is 16.7. The second-order valence-electron chi connectivity index (χ2n) is 3.32. The van der Waals surface area contributed by atoms with Crippen molar-refractivity contribution in [3.63, 3.8) is 0 Å². The highest BCUT2D eigenvalue weighted by molar-refractivity contribution is 5.68. The van der Waals surface area contributed by atoms with Gasteiger partial charge in [0.05, 0.1) is 7.11 Å². The molecule has 17 heavy (non-hydrogen) atoms. The number of benzene rings is 1. The van der Waals surface area contributed by atoms with Crippen molar-refractivity contribution in [3.05, 3.63) is 29.8 Å². The Balaban J connectivity index is 2.86. The summed E-state index contributed by atoms with van der Waals surface area (Å²) in [5.74, 6) is -0.378. The number of rotatable bonds is 4. The summed E-state index contributed by atoms with van der Waals surface area (Å²) in [6.45, 7) is 2.50. The minimum Gasteiger partial charge on any atom is -0.497 e. The first kappa shape index (κ1) is 13.0. The zero-order valence-corrected chi connectivity index (χ0v) is 9.93. The lowest BCUT2D eigenvalue weighted by atomic mass is 10.2. The highest BCUT2D eigenvalue weighted by Gasteiger charge is 2.17. The van der Waals surface area contributed by atoms with Gasteiger partial charge in [-0.3, -0.25) is 9.59 Å². The van der Waals surface area contributed by atoms with E-state index in [2.05, 4.69) is 0 Å². The number of carbonyl (C=O) groups excluding carboxylic acids is 2. The van der Waals surface area contributed by atoms with Crippen LogP contribution in [0, 0.1) is 0 Å². The Morgan fingerprint density at radius 3 is 1.82 bits per heavy atom. The number of hydrogen-bond acceptors (Lipinski definition) is 5. The fourth-order valence-electron chi connectivity index (χ4n) is 1.22. The lowest BCUT2D eigenvalue weighted by Crippen LogP contribution is -2.14. The van der Waals surface area contributed by atoms with E-state index in [-0.39, 0.29) is 0 Å². The van der Waals surface area contributed by atoms with E-state index in [0.29, 0.717) is 11.3 Å². The van der Waals surface area contributed by atoms with Gasteiger partial charge in [-0.2, -0.15) is 0 Å². The van der Waals surface area contributed by atoms with Gasteiger partial charge in [0.2, 0.25) is 0 Å². The van der Waals surface area contributed by atoms with E-state index in [0.717, 1.165) is 0 Å². The Kier molecular flexibility index (Phi) is 4.51. The molecule has 0 fully saturated rings. The summed E-state index contributed by atoms with van der Waals surface area (Å²) in [7, 11) is 1.55. The molecule has 0 radical (unpaired) electrons. The summed E-state index contributed by atoms with van der Waals surface area (Å²) < 4.78 is 14.8. The SMILES string of the molecule is COc1ccc(C(OC(C)=O)OC(C)=O)cc1. The van der Waals surface area contributed by atoms with E-state index >= 15 is 0 Å². The Morgan fingerprint density at radius 1 is 1.00 bits per heavy atom. The topological polar surface area (TPSA) is 61.8 Å². The zero-order valence-electron chi connectivity index (χ0n) is 9.93. The monoisotopic (exact) mass is 238 g/mol. The molecule has 0 atom stereocenters. The Labute approximate surface area is 99.3 Å².